The third-order valence-corrected chi connectivity index (χ3v) is 4.69. The number of imide groups is 1. The molecule has 0 radical (unpaired) electrons. The number of amides is 5. The van der Waals surface area contributed by atoms with Gasteiger partial charge in [-0.25, -0.2) is 14.0 Å². The molecule has 8 heteroatoms. The van der Waals surface area contributed by atoms with Crippen molar-refractivity contribution in [1.29, 1.82) is 0 Å². The highest BCUT2D eigenvalue weighted by molar-refractivity contribution is 6.07. The number of likely N-dealkylation sites (tertiary alicyclic amines) is 1. The predicted molar refractivity (Wildman–Crippen MR) is 89.5 cm³/mol. The van der Waals surface area contributed by atoms with E-state index in [0.29, 0.717) is 44.6 Å². The highest BCUT2D eigenvalue weighted by Gasteiger charge is 2.52. The van der Waals surface area contributed by atoms with Gasteiger partial charge in [-0.15, -0.1) is 0 Å². The van der Waals surface area contributed by atoms with Crippen LogP contribution in [0.2, 0.25) is 0 Å². The van der Waals surface area contributed by atoms with E-state index in [-0.39, 0.29) is 23.8 Å². The summed E-state index contributed by atoms with van der Waals surface area (Å²) < 4.78 is 12.9. The number of carbonyl (C=O) groups excluding carboxylic acids is 3. The maximum absolute atomic E-state index is 12.9. The predicted octanol–water partition coefficient (Wildman–Crippen LogP) is 2.15. The van der Waals surface area contributed by atoms with Gasteiger partial charge in [-0.2, -0.15) is 0 Å². The third-order valence-electron chi connectivity index (χ3n) is 4.69. The lowest BCUT2D eigenvalue weighted by Gasteiger charge is -2.37. The lowest BCUT2D eigenvalue weighted by Crippen LogP contribution is -2.56. The Morgan fingerprint density at radius 1 is 1.24 bits per heavy atom. The van der Waals surface area contributed by atoms with Crippen LogP contribution in [0.25, 0.3) is 0 Å². The van der Waals surface area contributed by atoms with Crippen molar-refractivity contribution >= 4 is 23.7 Å². The summed E-state index contributed by atoms with van der Waals surface area (Å²) in [5, 5.41) is 5.51. The molecule has 2 heterocycles. The molecule has 2 aliphatic heterocycles. The van der Waals surface area contributed by atoms with E-state index < -0.39 is 5.54 Å². The molecule has 0 atom stereocenters. The molecule has 5 amide bonds. The van der Waals surface area contributed by atoms with Crippen LogP contribution in [0.15, 0.2) is 24.3 Å². The minimum atomic E-state index is -0.890. The van der Waals surface area contributed by atoms with Crippen molar-refractivity contribution in [2.45, 2.75) is 31.7 Å². The number of rotatable bonds is 3. The topological polar surface area (TPSA) is 81.8 Å². The van der Waals surface area contributed by atoms with Gasteiger partial charge in [-0.05, 0) is 43.5 Å². The second-order valence-electron chi connectivity index (χ2n) is 6.39. The fraction of sp³-hybridized carbons (Fsp3) is 0.471. The zero-order valence-corrected chi connectivity index (χ0v) is 14.0. The lowest BCUT2D eigenvalue weighted by molar-refractivity contribution is -0.132. The number of nitrogens with one attached hydrogen (secondary N) is 2. The second kappa shape index (κ2) is 6.70. The molecule has 2 fully saturated rings. The van der Waals surface area contributed by atoms with Crippen molar-refractivity contribution in [3.05, 3.63) is 30.1 Å². The van der Waals surface area contributed by atoms with E-state index in [9.17, 15) is 18.8 Å². The zero-order valence-electron chi connectivity index (χ0n) is 14.0. The van der Waals surface area contributed by atoms with Crippen LogP contribution in [0.5, 0.6) is 0 Å². The van der Waals surface area contributed by atoms with Crippen LogP contribution in [0.4, 0.5) is 19.7 Å². The first-order valence-electron chi connectivity index (χ1n) is 8.41. The first-order valence-corrected chi connectivity index (χ1v) is 8.41. The first kappa shape index (κ1) is 17.2. The number of urea groups is 2. The van der Waals surface area contributed by atoms with E-state index in [4.69, 9.17) is 0 Å². The fourth-order valence-corrected chi connectivity index (χ4v) is 3.27. The van der Waals surface area contributed by atoms with E-state index in [1.165, 1.54) is 29.2 Å². The van der Waals surface area contributed by atoms with E-state index in [0.717, 1.165) is 0 Å². The zero-order chi connectivity index (χ0) is 18.0. The van der Waals surface area contributed by atoms with Crippen LogP contribution in [-0.4, -0.2) is 52.9 Å². The van der Waals surface area contributed by atoms with Crippen molar-refractivity contribution in [3.63, 3.8) is 0 Å². The highest BCUT2D eigenvalue weighted by Crippen LogP contribution is 2.29. The Labute approximate surface area is 145 Å². The summed E-state index contributed by atoms with van der Waals surface area (Å²) in [6, 6.07) is 4.87. The molecule has 0 aromatic heterocycles. The van der Waals surface area contributed by atoms with E-state index >= 15 is 0 Å². The molecule has 2 N–H and O–H groups in total. The van der Waals surface area contributed by atoms with Gasteiger partial charge in [0.15, 0.2) is 0 Å². The van der Waals surface area contributed by atoms with Crippen LogP contribution in [-0.2, 0) is 4.79 Å². The molecule has 2 saturated heterocycles. The number of piperidine rings is 1. The average Bonchev–Trinajstić information content (AvgIpc) is 2.82. The number of anilines is 1. The van der Waals surface area contributed by atoms with Gasteiger partial charge in [0.25, 0.3) is 5.91 Å². The van der Waals surface area contributed by atoms with E-state index in [2.05, 4.69) is 10.6 Å². The number of benzene rings is 1. The van der Waals surface area contributed by atoms with Gasteiger partial charge in [-0.3, -0.25) is 9.69 Å². The molecule has 2 aliphatic rings. The van der Waals surface area contributed by atoms with Crippen LogP contribution in [0.3, 0.4) is 0 Å². The van der Waals surface area contributed by atoms with Crippen molar-refractivity contribution in [1.82, 2.24) is 15.1 Å². The summed E-state index contributed by atoms with van der Waals surface area (Å²) in [5.74, 6) is -0.567. The molecule has 1 aromatic rings. The van der Waals surface area contributed by atoms with Crippen LogP contribution in [0.1, 0.15) is 26.2 Å². The summed E-state index contributed by atoms with van der Waals surface area (Å²) in [7, 11) is 0. The second-order valence-corrected chi connectivity index (χ2v) is 6.39. The van der Waals surface area contributed by atoms with Gasteiger partial charge in [-0.1, -0.05) is 6.92 Å². The van der Waals surface area contributed by atoms with Gasteiger partial charge in [0, 0.05) is 25.3 Å². The first-order chi connectivity index (χ1) is 11.9. The molecule has 0 aliphatic carbocycles. The number of halogens is 1. The molecule has 1 aromatic carbocycles. The number of nitrogens with zero attached hydrogens (tertiary/aromatic N) is 2. The maximum atomic E-state index is 12.9. The summed E-state index contributed by atoms with van der Waals surface area (Å²) in [5.41, 5.74) is -0.384. The smallest absolute Gasteiger partial charge is 0.324 e. The minimum Gasteiger partial charge on any atom is -0.324 e. The van der Waals surface area contributed by atoms with E-state index in [1.807, 2.05) is 6.92 Å². The Balaban J connectivity index is 1.60. The number of hydrogen-bond acceptors (Lipinski definition) is 3. The summed E-state index contributed by atoms with van der Waals surface area (Å²) in [6.07, 6.45) is 1.48. The molecular formula is C17H21FN4O3. The SMILES string of the molecule is CCCN1C(=O)NC2(CCN(C(=O)Nc3ccc(F)cc3)CC2)C1=O. The van der Waals surface area contributed by atoms with Crippen molar-refractivity contribution in [2.24, 2.45) is 0 Å². The van der Waals surface area contributed by atoms with E-state index in [1.54, 1.807) is 4.90 Å². The molecule has 3 rings (SSSR count). The molecule has 25 heavy (non-hydrogen) atoms. The average molecular weight is 348 g/mol. The van der Waals surface area contributed by atoms with Gasteiger partial charge in [0.05, 0.1) is 0 Å². The normalized spacial score (nSPS) is 19.3. The molecule has 0 bridgehead atoms. The highest BCUT2D eigenvalue weighted by atomic mass is 19.1. The third kappa shape index (κ3) is 3.29. The number of hydrogen-bond donors (Lipinski definition) is 2. The Morgan fingerprint density at radius 2 is 1.88 bits per heavy atom. The minimum absolute atomic E-state index is 0.196. The van der Waals surface area contributed by atoms with Crippen molar-refractivity contribution in [2.75, 3.05) is 25.0 Å². The Hall–Kier alpha value is -2.64. The maximum Gasteiger partial charge on any atom is 0.325 e. The van der Waals surface area contributed by atoms with Crippen molar-refractivity contribution in [3.8, 4) is 0 Å². The Kier molecular flexibility index (Phi) is 4.61. The molecular weight excluding hydrogens is 327 g/mol. The molecule has 7 nitrogen and oxygen atoms in total. The lowest BCUT2D eigenvalue weighted by atomic mass is 9.87. The molecule has 134 valence electrons. The summed E-state index contributed by atoms with van der Waals surface area (Å²) >= 11 is 0. The Bertz CT molecular complexity index is 684. The molecule has 0 unspecified atom stereocenters. The van der Waals surface area contributed by atoms with Crippen LogP contribution >= 0.6 is 0 Å². The van der Waals surface area contributed by atoms with Gasteiger partial charge < -0.3 is 15.5 Å². The molecule has 0 saturated carbocycles. The van der Waals surface area contributed by atoms with Crippen LogP contribution in [0, 0.1) is 5.82 Å². The van der Waals surface area contributed by atoms with Gasteiger partial charge in [0.2, 0.25) is 0 Å². The van der Waals surface area contributed by atoms with Crippen molar-refractivity contribution < 1.29 is 18.8 Å². The largest absolute Gasteiger partial charge is 0.325 e. The van der Waals surface area contributed by atoms with Gasteiger partial charge in [0.1, 0.15) is 11.4 Å². The Morgan fingerprint density at radius 3 is 2.48 bits per heavy atom. The summed E-state index contributed by atoms with van der Waals surface area (Å²) in [6.45, 7) is 3.03. The summed E-state index contributed by atoms with van der Waals surface area (Å²) in [4.78, 5) is 39.7. The van der Waals surface area contributed by atoms with Gasteiger partial charge >= 0.3 is 12.1 Å². The standard InChI is InChI=1S/C17H21FN4O3/c1-2-9-22-14(23)17(20-16(22)25)7-10-21(11-8-17)15(24)19-13-5-3-12(18)4-6-13/h3-6H,2,7-11H2,1H3,(H,19,24)(H,20,25). The fourth-order valence-electron chi connectivity index (χ4n) is 3.27. The number of carbonyl (C=O) groups is 3. The molecule has 1 spiro atoms. The monoisotopic (exact) mass is 348 g/mol. The quantitative estimate of drug-likeness (QED) is 0.821. The van der Waals surface area contributed by atoms with Crippen LogP contribution < -0.4 is 10.6 Å².